The number of rotatable bonds is 4. The first-order valence-corrected chi connectivity index (χ1v) is 7.43. The molecule has 0 spiro atoms. The minimum atomic E-state index is -0.278. The van der Waals surface area contributed by atoms with Crippen LogP contribution in [0.2, 0.25) is 0 Å². The van der Waals surface area contributed by atoms with Crippen molar-refractivity contribution >= 4 is 11.8 Å². The molecule has 2 rings (SSSR count). The zero-order chi connectivity index (χ0) is 13.8. The average molecular weight is 267 g/mol. The van der Waals surface area contributed by atoms with Crippen LogP contribution in [0.25, 0.3) is 0 Å². The predicted octanol–water partition coefficient (Wildman–Crippen LogP) is 0.598. The molecule has 0 aromatic rings. The van der Waals surface area contributed by atoms with E-state index in [0.29, 0.717) is 0 Å². The van der Waals surface area contributed by atoms with Gasteiger partial charge in [-0.25, -0.2) is 0 Å². The molecule has 2 saturated heterocycles. The van der Waals surface area contributed by atoms with Gasteiger partial charge in [0.05, 0.1) is 12.1 Å². The molecule has 2 fully saturated rings. The molecule has 2 atom stereocenters. The molecule has 0 aromatic carbocycles. The van der Waals surface area contributed by atoms with Crippen LogP contribution in [-0.4, -0.2) is 59.9 Å². The fourth-order valence-electron chi connectivity index (χ4n) is 2.94. The molecule has 0 bridgehead atoms. The summed E-state index contributed by atoms with van der Waals surface area (Å²) >= 11 is 0. The summed E-state index contributed by atoms with van der Waals surface area (Å²) in [5.41, 5.74) is 0. The maximum Gasteiger partial charge on any atom is 0.239 e. The van der Waals surface area contributed by atoms with Crippen molar-refractivity contribution in [1.82, 2.24) is 15.1 Å². The lowest BCUT2D eigenvalue weighted by Crippen LogP contribution is -2.52. The van der Waals surface area contributed by atoms with Crippen molar-refractivity contribution in [3.63, 3.8) is 0 Å². The fraction of sp³-hybridized carbons (Fsp3) is 0.857. The Labute approximate surface area is 115 Å². The standard InChI is InChI=1S/C14H25N3O2/c1-11(13(18)16-7-3-4-8-16)15-12(2)14(19)17-9-5-6-10-17/h11-12,15H,3-10H2,1-2H3. The smallest absolute Gasteiger partial charge is 0.239 e. The summed E-state index contributed by atoms with van der Waals surface area (Å²) in [6, 6.07) is -0.556. The van der Waals surface area contributed by atoms with E-state index in [2.05, 4.69) is 5.32 Å². The molecule has 108 valence electrons. The van der Waals surface area contributed by atoms with E-state index in [-0.39, 0.29) is 23.9 Å². The number of carbonyl (C=O) groups is 2. The number of amides is 2. The van der Waals surface area contributed by atoms with Gasteiger partial charge in [-0.3, -0.25) is 14.9 Å². The van der Waals surface area contributed by atoms with Crippen molar-refractivity contribution in [2.24, 2.45) is 0 Å². The molecule has 1 N–H and O–H groups in total. The van der Waals surface area contributed by atoms with Gasteiger partial charge in [0.2, 0.25) is 11.8 Å². The highest BCUT2D eigenvalue weighted by molar-refractivity contribution is 5.85. The molecule has 0 aromatic heterocycles. The molecular formula is C14H25N3O2. The maximum absolute atomic E-state index is 12.2. The number of hydrogen-bond donors (Lipinski definition) is 1. The zero-order valence-electron chi connectivity index (χ0n) is 12.0. The van der Waals surface area contributed by atoms with Crippen LogP contribution in [0.15, 0.2) is 0 Å². The molecule has 2 aliphatic rings. The van der Waals surface area contributed by atoms with Crippen molar-refractivity contribution in [1.29, 1.82) is 0 Å². The van der Waals surface area contributed by atoms with E-state index in [1.54, 1.807) is 0 Å². The minimum absolute atomic E-state index is 0.124. The predicted molar refractivity (Wildman–Crippen MR) is 73.7 cm³/mol. The number of nitrogens with zero attached hydrogens (tertiary/aromatic N) is 2. The lowest BCUT2D eigenvalue weighted by molar-refractivity contribution is -0.134. The van der Waals surface area contributed by atoms with Gasteiger partial charge < -0.3 is 9.80 Å². The summed E-state index contributed by atoms with van der Waals surface area (Å²) in [5, 5.41) is 3.15. The SMILES string of the molecule is CC(NC(C)C(=O)N1CCCC1)C(=O)N1CCCC1. The van der Waals surface area contributed by atoms with E-state index >= 15 is 0 Å². The summed E-state index contributed by atoms with van der Waals surface area (Å²) in [6.45, 7) is 7.15. The normalized spacial score (nSPS) is 22.6. The molecule has 5 nitrogen and oxygen atoms in total. The van der Waals surface area contributed by atoms with Crippen LogP contribution in [0.3, 0.4) is 0 Å². The highest BCUT2D eigenvalue weighted by atomic mass is 16.2. The first-order chi connectivity index (χ1) is 9.09. The average Bonchev–Trinajstić information content (AvgIpc) is 3.09. The maximum atomic E-state index is 12.2. The quantitative estimate of drug-likeness (QED) is 0.811. The van der Waals surface area contributed by atoms with Gasteiger partial charge in [0.1, 0.15) is 0 Å². The van der Waals surface area contributed by atoms with Crippen LogP contribution in [0.1, 0.15) is 39.5 Å². The third-order valence-corrected chi connectivity index (χ3v) is 4.08. The highest BCUT2D eigenvalue weighted by Gasteiger charge is 2.28. The van der Waals surface area contributed by atoms with Crippen molar-refractivity contribution in [2.45, 2.75) is 51.6 Å². The van der Waals surface area contributed by atoms with Crippen LogP contribution in [-0.2, 0) is 9.59 Å². The van der Waals surface area contributed by atoms with Gasteiger partial charge in [-0.2, -0.15) is 0 Å². The fourth-order valence-corrected chi connectivity index (χ4v) is 2.94. The van der Waals surface area contributed by atoms with Crippen LogP contribution >= 0.6 is 0 Å². The third-order valence-electron chi connectivity index (χ3n) is 4.08. The Bertz CT molecular complexity index is 302. The van der Waals surface area contributed by atoms with Crippen LogP contribution < -0.4 is 5.32 Å². The molecule has 2 amide bonds. The Morgan fingerprint density at radius 3 is 1.42 bits per heavy atom. The second kappa shape index (κ2) is 6.37. The van der Waals surface area contributed by atoms with E-state index in [9.17, 15) is 9.59 Å². The number of nitrogens with one attached hydrogen (secondary N) is 1. The van der Waals surface area contributed by atoms with Crippen LogP contribution in [0, 0.1) is 0 Å². The Morgan fingerprint density at radius 2 is 1.11 bits per heavy atom. The van der Waals surface area contributed by atoms with Crippen molar-refractivity contribution < 1.29 is 9.59 Å². The van der Waals surface area contributed by atoms with E-state index in [4.69, 9.17) is 0 Å². The van der Waals surface area contributed by atoms with E-state index in [0.717, 1.165) is 51.9 Å². The van der Waals surface area contributed by atoms with Gasteiger partial charge in [0.25, 0.3) is 0 Å². The third kappa shape index (κ3) is 3.47. The van der Waals surface area contributed by atoms with E-state index < -0.39 is 0 Å². The van der Waals surface area contributed by atoms with Gasteiger partial charge in [-0.05, 0) is 39.5 Å². The molecular weight excluding hydrogens is 242 g/mol. The van der Waals surface area contributed by atoms with Crippen molar-refractivity contribution in [2.75, 3.05) is 26.2 Å². The van der Waals surface area contributed by atoms with Gasteiger partial charge in [-0.1, -0.05) is 0 Å². The van der Waals surface area contributed by atoms with Gasteiger partial charge in [0, 0.05) is 26.2 Å². The van der Waals surface area contributed by atoms with E-state index in [1.807, 2.05) is 23.6 Å². The number of carbonyl (C=O) groups excluding carboxylic acids is 2. The van der Waals surface area contributed by atoms with Gasteiger partial charge >= 0.3 is 0 Å². The summed E-state index contributed by atoms with van der Waals surface area (Å²) < 4.78 is 0. The highest BCUT2D eigenvalue weighted by Crippen LogP contribution is 2.11. The summed E-state index contributed by atoms with van der Waals surface area (Å²) in [5.74, 6) is 0.247. The topological polar surface area (TPSA) is 52.7 Å². The first-order valence-electron chi connectivity index (χ1n) is 7.43. The molecule has 2 aliphatic heterocycles. The monoisotopic (exact) mass is 267 g/mol. The molecule has 2 heterocycles. The molecule has 0 aliphatic carbocycles. The number of hydrogen-bond acceptors (Lipinski definition) is 3. The van der Waals surface area contributed by atoms with Crippen LogP contribution in [0.5, 0.6) is 0 Å². The molecule has 19 heavy (non-hydrogen) atoms. The molecule has 2 unspecified atom stereocenters. The van der Waals surface area contributed by atoms with Gasteiger partial charge in [-0.15, -0.1) is 0 Å². The van der Waals surface area contributed by atoms with Crippen LogP contribution in [0.4, 0.5) is 0 Å². The largest absolute Gasteiger partial charge is 0.341 e. The lowest BCUT2D eigenvalue weighted by Gasteiger charge is -2.26. The second-order valence-electron chi connectivity index (χ2n) is 5.67. The zero-order valence-corrected chi connectivity index (χ0v) is 12.0. The van der Waals surface area contributed by atoms with Crippen molar-refractivity contribution in [3.8, 4) is 0 Å². The summed E-state index contributed by atoms with van der Waals surface area (Å²) in [6.07, 6.45) is 4.39. The first kappa shape index (κ1) is 14.3. The molecule has 0 saturated carbocycles. The van der Waals surface area contributed by atoms with Crippen molar-refractivity contribution in [3.05, 3.63) is 0 Å². The minimum Gasteiger partial charge on any atom is -0.341 e. The number of likely N-dealkylation sites (tertiary alicyclic amines) is 2. The Hall–Kier alpha value is -1.10. The second-order valence-corrected chi connectivity index (χ2v) is 5.67. The Morgan fingerprint density at radius 1 is 0.789 bits per heavy atom. The summed E-state index contributed by atoms with van der Waals surface area (Å²) in [7, 11) is 0. The Balaban J connectivity index is 1.81. The summed E-state index contributed by atoms with van der Waals surface area (Å²) in [4.78, 5) is 28.1. The molecule has 5 heteroatoms. The lowest BCUT2D eigenvalue weighted by atomic mass is 10.2. The van der Waals surface area contributed by atoms with Gasteiger partial charge in [0.15, 0.2) is 0 Å². The van der Waals surface area contributed by atoms with E-state index in [1.165, 1.54) is 0 Å². The Kier molecular flexibility index (Phi) is 4.80. The molecule has 0 radical (unpaired) electrons.